The lowest BCUT2D eigenvalue weighted by Crippen LogP contribution is -2.02. The molecule has 0 atom stereocenters. The van der Waals surface area contributed by atoms with Gasteiger partial charge in [-0.15, -0.1) is 11.3 Å². The van der Waals surface area contributed by atoms with E-state index >= 15 is 0 Å². The molecular weight excluding hydrogens is 684 g/mol. The molecule has 0 aliphatic carbocycles. The van der Waals surface area contributed by atoms with E-state index in [2.05, 4.69) is 20.9 Å². The maximum absolute atomic E-state index is 13.6. The highest BCUT2D eigenvalue weighted by molar-refractivity contribution is 8.01. The van der Waals surface area contributed by atoms with Crippen LogP contribution in [0.2, 0.25) is 0 Å². The Morgan fingerprint density at radius 3 is 2.18 bits per heavy atom. The van der Waals surface area contributed by atoms with Gasteiger partial charge in [0.05, 0.1) is 32.7 Å². The van der Waals surface area contributed by atoms with Crippen molar-refractivity contribution in [1.82, 2.24) is 9.55 Å². The molecule has 0 unspecified atom stereocenters. The maximum Gasteiger partial charge on any atom is 0.331 e. The van der Waals surface area contributed by atoms with Gasteiger partial charge >= 0.3 is 5.97 Å². The molecule has 254 valence electrons. The summed E-state index contributed by atoms with van der Waals surface area (Å²) in [4.78, 5) is 34.3. The van der Waals surface area contributed by atoms with Gasteiger partial charge in [0, 0.05) is 45.8 Å². The second-order valence-electron chi connectivity index (χ2n) is 11.9. The Kier molecular flexibility index (Phi) is 9.74. The molecule has 8 nitrogen and oxygen atoms in total. The third-order valence-electron chi connectivity index (χ3n) is 8.50. The van der Waals surface area contributed by atoms with Crippen LogP contribution in [0.15, 0.2) is 124 Å². The average Bonchev–Trinajstić information content (AvgIpc) is 3.72. The molecule has 0 saturated heterocycles. The molecule has 11 heteroatoms. The van der Waals surface area contributed by atoms with E-state index in [4.69, 9.17) is 9.82 Å². The Morgan fingerprint density at radius 2 is 1.49 bits per heavy atom. The second kappa shape index (κ2) is 14.7. The van der Waals surface area contributed by atoms with E-state index in [0.29, 0.717) is 29.0 Å². The van der Waals surface area contributed by atoms with Gasteiger partial charge in [-0.05, 0) is 104 Å². The van der Waals surface area contributed by atoms with Crippen LogP contribution in [-0.2, 0) is 9.63 Å². The molecule has 7 rings (SSSR count). The summed E-state index contributed by atoms with van der Waals surface area (Å²) in [6, 6.07) is 32.8. The highest BCUT2D eigenvalue weighted by Gasteiger charge is 2.18. The summed E-state index contributed by atoms with van der Waals surface area (Å²) in [7, 11) is 0. The summed E-state index contributed by atoms with van der Waals surface area (Å²) in [6.45, 7) is 3.06. The quantitative estimate of drug-likeness (QED) is 0.0272. The van der Waals surface area contributed by atoms with Gasteiger partial charge in [0.15, 0.2) is 10.1 Å². The van der Waals surface area contributed by atoms with E-state index in [0.717, 1.165) is 65.4 Å². The van der Waals surface area contributed by atoms with Crippen LogP contribution in [0.4, 0.5) is 4.39 Å². The van der Waals surface area contributed by atoms with Crippen LogP contribution in [0.5, 0.6) is 0 Å². The number of thiazole rings is 1. The van der Waals surface area contributed by atoms with Crippen LogP contribution in [0, 0.1) is 5.82 Å². The van der Waals surface area contributed by atoms with Crippen molar-refractivity contribution in [3.63, 3.8) is 0 Å². The molecule has 0 radical (unpaired) electrons. The molecule has 7 aromatic rings. The fourth-order valence-corrected chi connectivity index (χ4v) is 8.07. The first kappa shape index (κ1) is 33.8. The highest BCUT2D eigenvalue weighted by Crippen LogP contribution is 2.35. The molecule has 0 spiro atoms. The van der Waals surface area contributed by atoms with Crippen molar-refractivity contribution >= 4 is 78.3 Å². The topological polar surface area (TPSA) is 106 Å². The number of fused-ring (bicyclic) bond motifs is 4. The Morgan fingerprint density at radius 1 is 0.843 bits per heavy atom. The van der Waals surface area contributed by atoms with E-state index in [1.54, 1.807) is 36.1 Å². The Balaban J connectivity index is 1.23. The van der Waals surface area contributed by atoms with Crippen molar-refractivity contribution in [1.29, 1.82) is 0 Å². The highest BCUT2D eigenvalue weighted by atomic mass is 32.2. The van der Waals surface area contributed by atoms with Crippen molar-refractivity contribution in [3.8, 4) is 5.69 Å². The zero-order chi connectivity index (χ0) is 35.5. The molecule has 1 N–H and O–H groups in total. The number of oxime groups is 2. The summed E-state index contributed by atoms with van der Waals surface area (Å²) < 4.78 is 17.9. The number of hydrogen-bond donors (Lipinski definition) is 1. The Hall–Kier alpha value is -5.65. The summed E-state index contributed by atoms with van der Waals surface area (Å²) >= 11 is 3.37. The number of aromatic nitrogens is 2. The first-order chi connectivity index (χ1) is 24.8. The van der Waals surface area contributed by atoms with Crippen LogP contribution in [0.25, 0.3) is 37.7 Å². The number of nitrogens with zero attached hydrogens (tertiary/aromatic N) is 4. The number of carbonyl (C=O) groups excluding carboxylic acids is 2. The third kappa shape index (κ3) is 7.17. The fourth-order valence-electron chi connectivity index (χ4n) is 5.99. The van der Waals surface area contributed by atoms with Gasteiger partial charge in [-0.25, -0.2) is 14.2 Å². The smallest absolute Gasteiger partial charge is 0.331 e. The van der Waals surface area contributed by atoms with Gasteiger partial charge in [-0.2, -0.15) is 0 Å². The standard InChI is InChI=1S/C40H31FN4O4S2/c1-24(44-49-25(2)46)26-11-17-31(18-12-26)45-36-19-13-28(34(43-48)7-5-21-50-40-42-35-6-3-4-8-38(35)51-40)22-32(36)33-23-29(14-20-37(33)45)39(47)27-9-15-30(41)16-10-27/h3-4,6,8-20,22-23,48H,5,7,21H2,1-2H3. The van der Waals surface area contributed by atoms with Crippen molar-refractivity contribution in [3.05, 3.63) is 137 Å². The molecule has 0 aliphatic heterocycles. The van der Waals surface area contributed by atoms with Gasteiger partial charge in [-0.3, -0.25) is 4.79 Å². The average molecular weight is 715 g/mol. The van der Waals surface area contributed by atoms with Gasteiger partial charge < -0.3 is 14.6 Å². The lowest BCUT2D eigenvalue weighted by molar-refractivity contribution is -0.140. The Labute approximate surface area is 300 Å². The molecular formula is C40H31FN4O4S2. The van der Waals surface area contributed by atoms with Crippen molar-refractivity contribution < 1.29 is 24.0 Å². The molecule has 5 aromatic carbocycles. The number of thioether (sulfide) groups is 1. The van der Waals surface area contributed by atoms with E-state index in [-0.39, 0.29) is 5.78 Å². The largest absolute Gasteiger partial charge is 0.411 e. The van der Waals surface area contributed by atoms with Crippen molar-refractivity contribution in [2.45, 2.75) is 31.0 Å². The van der Waals surface area contributed by atoms with Gasteiger partial charge in [0.2, 0.25) is 0 Å². The predicted molar refractivity (Wildman–Crippen MR) is 202 cm³/mol. The Bertz CT molecular complexity index is 2450. The van der Waals surface area contributed by atoms with E-state index < -0.39 is 11.8 Å². The van der Waals surface area contributed by atoms with E-state index in [9.17, 15) is 19.2 Å². The number of benzene rings is 5. The van der Waals surface area contributed by atoms with Crippen molar-refractivity contribution in [2.75, 3.05) is 5.75 Å². The number of halogens is 1. The summed E-state index contributed by atoms with van der Waals surface area (Å²) in [5.74, 6) is -0.307. The van der Waals surface area contributed by atoms with Crippen LogP contribution in [0.1, 0.15) is 53.7 Å². The predicted octanol–water partition coefficient (Wildman–Crippen LogP) is 9.80. The SMILES string of the molecule is CC(=O)ON=C(C)c1ccc(-n2c3ccc(C(=O)c4ccc(F)cc4)cc3c3cc(C(CCCSc4nc5ccccc5s4)=NO)ccc32)cc1. The van der Waals surface area contributed by atoms with E-state index in [1.165, 1.54) is 31.2 Å². The lowest BCUT2D eigenvalue weighted by atomic mass is 9.99. The van der Waals surface area contributed by atoms with Crippen LogP contribution in [0.3, 0.4) is 0 Å². The molecule has 2 aromatic heterocycles. The number of para-hydroxylation sites is 1. The number of carbonyl (C=O) groups is 2. The number of ketones is 1. The molecule has 0 fully saturated rings. The lowest BCUT2D eigenvalue weighted by Gasteiger charge is -2.10. The molecule has 0 aliphatic rings. The number of hydrogen-bond acceptors (Lipinski definition) is 9. The minimum atomic E-state index is -0.495. The monoisotopic (exact) mass is 714 g/mol. The van der Waals surface area contributed by atoms with Gasteiger partial charge in [0.25, 0.3) is 0 Å². The molecule has 0 saturated carbocycles. The van der Waals surface area contributed by atoms with Crippen LogP contribution >= 0.6 is 23.1 Å². The zero-order valence-corrected chi connectivity index (χ0v) is 29.3. The van der Waals surface area contributed by atoms with Gasteiger partial charge in [0.1, 0.15) is 5.82 Å². The minimum absolute atomic E-state index is 0.218. The van der Waals surface area contributed by atoms with E-state index in [1.807, 2.05) is 72.8 Å². The molecule has 0 bridgehead atoms. The van der Waals surface area contributed by atoms with Crippen LogP contribution in [-0.4, -0.2) is 43.7 Å². The fraction of sp³-hybridized carbons (Fsp3) is 0.125. The zero-order valence-electron chi connectivity index (χ0n) is 27.7. The van der Waals surface area contributed by atoms with Gasteiger partial charge in [-0.1, -0.05) is 52.4 Å². The third-order valence-corrected chi connectivity index (χ3v) is 10.8. The first-order valence-corrected chi connectivity index (χ1v) is 18.0. The van der Waals surface area contributed by atoms with Crippen LogP contribution < -0.4 is 0 Å². The number of rotatable bonds is 11. The first-order valence-electron chi connectivity index (χ1n) is 16.2. The maximum atomic E-state index is 13.6. The molecule has 51 heavy (non-hydrogen) atoms. The molecule has 0 amide bonds. The second-order valence-corrected chi connectivity index (χ2v) is 14.3. The normalized spacial score (nSPS) is 12.2. The minimum Gasteiger partial charge on any atom is -0.411 e. The van der Waals surface area contributed by atoms with Crippen molar-refractivity contribution in [2.24, 2.45) is 10.3 Å². The molecule has 2 heterocycles. The summed E-state index contributed by atoms with van der Waals surface area (Å²) in [5.41, 5.74) is 7.16. The summed E-state index contributed by atoms with van der Waals surface area (Å²) in [6.07, 6.45) is 1.34. The summed E-state index contributed by atoms with van der Waals surface area (Å²) in [5, 5.41) is 19.4.